The fourth-order valence-corrected chi connectivity index (χ4v) is 2.87. The summed E-state index contributed by atoms with van der Waals surface area (Å²) >= 11 is 1.24. The lowest BCUT2D eigenvalue weighted by atomic mass is 10.2. The van der Waals surface area contributed by atoms with Crippen molar-refractivity contribution in [2.75, 3.05) is 5.84 Å². The van der Waals surface area contributed by atoms with Gasteiger partial charge >= 0.3 is 0 Å². The molecule has 1 amide bonds. The van der Waals surface area contributed by atoms with Crippen molar-refractivity contribution in [1.82, 2.24) is 20.2 Å². The van der Waals surface area contributed by atoms with Crippen LogP contribution < -0.4 is 11.2 Å². The predicted octanol–water partition coefficient (Wildman–Crippen LogP) is 2.05. The van der Waals surface area contributed by atoms with Crippen molar-refractivity contribution in [2.24, 2.45) is 0 Å². The Labute approximate surface area is 143 Å². The molecule has 8 heteroatoms. The highest BCUT2D eigenvalue weighted by atomic mass is 32.2. The van der Waals surface area contributed by atoms with Gasteiger partial charge < -0.3 is 15.6 Å². The fourth-order valence-electron chi connectivity index (χ4n) is 2.07. The molecule has 24 heavy (non-hydrogen) atoms. The van der Waals surface area contributed by atoms with E-state index in [1.807, 2.05) is 30.3 Å². The van der Waals surface area contributed by atoms with Crippen molar-refractivity contribution in [3.05, 3.63) is 54.3 Å². The summed E-state index contributed by atoms with van der Waals surface area (Å²) in [7, 11) is 0. The molecule has 0 fully saturated rings. The Morgan fingerprint density at radius 1 is 1.29 bits per heavy atom. The Morgan fingerprint density at radius 2 is 2.08 bits per heavy atom. The van der Waals surface area contributed by atoms with Gasteiger partial charge in [-0.2, -0.15) is 0 Å². The molecular weight excluding hydrogens is 326 g/mol. The van der Waals surface area contributed by atoms with Crippen LogP contribution in [0.25, 0.3) is 11.6 Å². The van der Waals surface area contributed by atoms with Gasteiger partial charge in [-0.3, -0.25) is 4.79 Å². The molecule has 1 aromatic carbocycles. The zero-order valence-electron chi connectivity index (χ0n) is 13.0. The van der Waals surface area contributed by atoms with Crippen LogP contribution in [-0.2, 0) is 11.3 Å². The summed E-state index contributed by atoms with van der Waals surface area (Å²) in [6.45, 7) is 2.28. The summed E-state index contributed by atoms with van der Waals surface area (Å²) in [6.07, 6.45) is 1.54. The molecule has 0 aliphatic carbocycles. The molecule has 0 unspecified atom stereocenters. The van der Waals surface area contributed by atoms with Gasteiger partial charge in [0.05, 0.1) is 11.5 Å². The number of aromatic nitrogens is 3. The Morgan fingerprint density at radius 3 is 2.79 bits per heavy atom. The molecular formula is C16H17N5O2S. The highest BCUT2D eigenvalue weighted by Gasteiger charge is 2.20. The van der Waals surface area contributed by atoms with Crippen LogP contribution in [0.4, 0.5) is 0 Å². The van der Waals surface area contributed by atoms with E-state index in [1.165, 1.54) is 22.7 Å². The number of carbonyl (C=O) groups is 1. The van der Waals surface area contributed by atoms with Gasteiger partial charge in [0, 0.05) is 6.54 Å². The lowest BCUT2D eigenvalue weighted by Gasteiger charge is -2.11. The molecule has 124 valence electrons. The molecule has 2 aromatic heterocycles. The van der Waals surface area contributed by atoms with E-state index in [9.17, 15) is 4.79 Å². The lowest BCUT2D eigenvalue weighted by molar-refractivity contribution is -0.120. The standard InChI is InChI=1S/C16H17N5O2S/c1-11(15(22)18-10-12-6-3-2-4-7-12)24-16-20-19-14(21(16)17)13-8-5-9-23-13/h2-9,11H,10,17H2,1H3,(H,18,22)/t11-/m0/s1. The van der Waals surface area contributed by atoms with Gasteiger partial charge in [0.2, 0.25) is 16.9 Å². The maximum Gasteiger partial charge on any atom is 0.233 e. The van der Waals surface area contributed by atoms with Crippen LogP contribution in [0.2, 0.25) is 0 Å². The zero-order chi connectivity index (χ0) is 16.9. The molecule has 3 rings (SSSR count). The van der Waals surface area contributed by atoms with Crippen LogP contribution >= 0.6 is 11.8 Å². The Bertz CT molecular complexity index is 801. The zero-order valence-corrected chi connectivity index (χ0v) is 13.9. The molecule has 3 aromatic rings. The first-order valence-corrected chi connectivity index (χ1v) is 8.26. The van der Waals surface area contributed by atoms with Crippen molar-refractivity contribution < 1.29 is 9.21 Å². The van der Waals surface area contributed by atoms with E-state index in [0.717, 1.165) is 5.56 Å². The predicted molar refractivity (Wildman–Crippen MR) is 91.5 cm³/mol. The summed E-state index contributed by atoms with van der Waals surface area (Å²) in [6, 6.07) is 13.2. The van der Waals surface area contributed by atoms with Gasteiger partial charge in [-0.1, -0.05) is 42.1 Å². The van der Waals surface area contributed by atoms with E-state index in [-0.39, 0.29) is 11.2 Å². The average molecular weight is 343 g/mol. The van der Waals surface area contributed by atoms with Crippen molar-refractivity contribution in [1.29, 1.82) is 0 Å². The first-order chi connectivity index (χ1) is 11.6. The molecule has 1 atom stereocenters. The number of rotatable bonds is 6. The van der Waals surface area contributed by atoms with E-state index in [2.05, 4.69) is 15.5 Å². The number of nitrogen functional groups attached to an aromatic ring is 1. The second-order valence-electron chi connectivity index (χ2n) is 5.12. The minimum Gasteiger partial charge on any atom is -0.461 e. The van der Waals surface area contributed by atoms with Crippen LogP contribution in [0.15, 0.2) is 58.3 Å². The van der Waals surface area contributed by atoms with E-state index in [4.69, 9.17) is 10.3 Å². The summed E-state index contributed by atoms with van der Waals surface area (Å²) in [4.78, 5) is 12.2. The highest BCUT2D eigenvalue weighted by Crippen LogP contribution is 2.24. The SMILES string of the molecule is C[C@H](Sc1nnc(-c2ccco2)n1N)C(=O)NCc1ccccc1. The Kier molecular flexibility index (Phi) is 4.85. The van der Waals surface area contributed by atoms with Gasteiger partial charge in [0.1, 0.15) is 0 Å². The minimum absolute atomic E-state index is 0.0913. The topological polar surface area (TPSA) is 99.0 Å². The number of nitrogens with zero attached hydrogens (tertiary/aromatic N) is 3. The third kappa shape index (κ3) is 3.60. The molecule has 2 heterocycles. The number of carbonyl (C=O) groups excluding carboxylic acids is 1. The van der Waals surface area contributed by atoms with Crippen LogP contribution in [0.5, 0.6) is 0 Å². The summed E-state index contributed by atoms with van der Waals surface area (Å²) in [5.74, 6) is 6.84. The fraction of sp³-hybridized carbons (Fsp3) is 0.188. The number of thioether (sulfide) groups is 1. The van der Waals surface area contributed by atoms with E-state index >= 15 is 0 Å². The monoisotopic (exact) mass is 343 g/mol. The largest absolute Gasteiger partial charge is 0.461 e. The molecule has 0 radical (unpaired) electrons. The molecule has 0 saturated carbocycles. The maximum absolute atomic E-state index is 12.2. The van der Waals surface area contributed by atoms with Crippen molar-refractivity contribution in [3.63, 3.8) is 0 Å². The van der Waals surface area contributed by atoms with Gasteiger partial charge in [0.25, 0.3) is 0 Å². The average Bonchev–Trinajstić information content (AvgIpc) is 3.24. The minimum atomic E-state index is -0.357. The van der Waals surface area contributed by atoms with Gasteiger partial charge in [0.15, 0.2) is 5.76 Å². The first-order valence-electron chi connectivity index (χ1n) is 7.38. The third-order valence-corrected chi connectivity index (χ3v) is 4.42. The van der Waals surface area contributed by atoms with Gasteiger partial charge in [-0.05, 0) is 24.6 Å². The molecule has 0 aliphatic heterocycles. The molecule has 0 saturated heterocycles. The number of benzene rings is 1. The third-order valence-electron chi connectivity index (χ3n) is 3.37. The molecule has 0 bridgehead atoms. The van der Waals surface area contributed by atoms with Crippen molar-refractivity contribution >= 4 is 17.7 Å². The van der Waals surface area contributed by atoms with Gasteiger partial charge in [-0.15, -0.1) is 10.2 Å². The van der Waals surface area contributed by atoms with Crippen molar-refractivity contribution in [2.45, 2.75) is 23.9 Å². The number of nitrogens with two attached hydrogens (primary N) is 1. The normalized spacial score (nSPS) is 12.0. The summed E-state index contributed by atoms with van der Waals surface area (Å²) in [5.41, 5.74) is 1.05. The molecule has 7 nitrogen and oxygen atoms in total. The number of nitrogens with one attached hydrogen (secondary N) is 1. The quantitative estimate of drug-likeness (QED) is 0.525. The van der Waals surface area contributed by atoms with Crippen LogP contribution in [0.3, 0.4) is 0 Å². The second kappa shape index (κ2) is 7.22. The first kappa shape index (κ1) is 16.1. The van der Waals surface area contributed by atoms with Gasteiger partial charge in [-0.25, -0.2) is 4.68 Å². The smallest absolute Gasteiger partial charge is 0.233 e. The summed E-state index contributed by atoms with van der Waals surface area (Å²) in [5, 5.41) is 11.0. The van der Waals surface area contributed by atoms with E-state index in [1.54, 1.807) is 19.1 Å². The van der Waals surface area contributed by atoms with E-state index in [0.29, 0.717) is 23.3 Å². The van der Waals surface area contributed by atoms with Crippen LogP contribution in [0, 0.1) is 0 Å². The molecule has 0 aliphatic rings. The number of furan rings is 1. The number of hydrogen-bond acceptors (Lipinski definition) is 6. The summed E-state index contributed by atoms with van der Waals surface area (Å²) < 4.78 is 6.59. The maximum atomic E-state index is 12.2. The van der Waals surface area contributed by atoms with E-state index < -0.39 is 0 Å². The number of amides is 1. The van der Waals surface area contributed by atoms with Crippen LogP contribution in [-0.4, -0.2) is 26.0 Å². The van der Waals surface area contributed by atoms with Crippen molar-refractivity contribution in [3.8, 4) is 11.6 Å². The number of hydrogen-bond donors (Lipinski definition) is 2. The van der Waals surface area contributed by atoms with Crippen LogP contribution in [0.1, 0.15) is 12.5 Å². The Balaban J connectivity index is 1.60. The second-order valence-corrected chi connectivity index (χ2v) is 6.42. The lowest BCUT2D eigenvalue weighted by Crippen LogP contribution is -2.30. The molecule has 3 N–H and O–H groups in total. The molecule has 0 spiro atoms. The highest BCUT2D eigenvalue weighted by molar-refractivity contribution is 8.00. The Hall–Kier alpha value is -2.74.